The molecule has 8 heteroatoms. The minimum absolute atomic E-state index is 0.0302. The number of ether oxygens (including phenoxy) is 1. The van der Waals surface area contributed by atoms with Crippen molar-refractivity contribution in [1.82, 2.24) is 4.90 Å². The number of aliphatic hydroxyl groups excluding tert-OH is 1. The van der Waals surface area contributed by atoms with E-state index in [4.69, 9.17) is 4.74 Å². The van der Waals surface area contributed by atoms with Gasteiger partial charge < -0.3 is 20.1 Å². The number of aryl methyl sites for hydroxylation is 1. The highest BCUT2D eigenvalue weighted by Crippen LogP contribution is 2.60. The number of benzene rings is 1. The lowest BCUT2D eigenvalue weighted by atomic mass is 9.49. The first-order valence-corrected chi connectivity index (χ1v) is 12.4. The van der Waals surface area contributed by atoms with Crippen LogP contribution in [0.15, 0.2) is 18.2 Å². The van der Waals surface area contributed by atoms with Crippen molar-refractivity contribution in [3.05, 3.63) is 29.6 Å². The first kappa shape index (κ1) is 23.3. The maximum atomic E-state index is 13.8. The zero-order valence-corrected chi connectivity index (χ0v) is 19.8. The van der Waals surface area contributed by atoms with Crippen molar-refractivity contribution in [2.45, 2.75) is 77.0 Å². The summed E-state index contributed by atoms with van der Waals surface area (Å²) in [4.78, 5) is 40.8. The molecule has 3 atom stereocenters. The molecule has 5 aliphatic rings. The van der Waals surface area contributed by atoms with E-state index >= 15 is 0 Å². The van der Waals surface area contributed by atoms with Gasteiger partial charge in [0.25, 0.3) is 5.91 Å². The number of β-amino-alcohol motifs (C(OH)–C–C–N with tert-alkyl or cyclic N) is 1. The lowest BCUT2D eigenvalue weighted by Crippen LogP contribution is -2.56. The number of hydrogen-bond donors (Lipinski definition) is 2. The number of amides is 2. The maximum Gasteiger partial charge on any atom is 0.329 e. The standard InChI is InChI=1S/C26H33FN2O5/c1-14-3-4-19(8-21(14)27)28-23(31)15(2)34-24(32)22-9-20(30)13-29(22)25(33)26-10-16-5-17(11-26)7-18(6-16)12-26/h3-4,8,15-18,20,22,30H,5-7,9-13H2,1-2H3,(H,28,31)/t15-,16?,17?,18?,20+,22-,26?/m1/s1. The van der Waals surface area contributed by atoms with Gasteiger partial charge in [0.05, 0.1) is 11.5 Å². The third-order valence-corrected chi connectivity index (χ3v) is 8.41. The van der Waals surface area contributed by atoms with E-state index in [2.05, 4.69) is 5.32 Å². The van der Waals surface area contributed by atoms with Gasteiger partial charge in [-0.1, -0.05) is 6.07 Å². The summed E-state index contributed by atoms with van der Waals surface area (Å²) in [5.41, 5.74) is 0.308. The molecule has 7 nitrogen and oxygen atoms in total. The topological polar surface area (TPSA) is 95.9 Å². The molecule has 1 aromatic rings. The number of esters is 1. The van der Waals surface area contributed by atoms with Crippen LogP contribution in [0.4, 0.5) is 10.1 Å². The van der Waals surface area contributed by atoms with E-state index in [0.29, 0.717) is 23.3 Å². The first-order chi connectivity index (χ1) is 16.1. The molecule has 2 N–H and O–H groups in total. The zero-order valence-electron chi connectivity index (χ0n) is 19.8. The van der Waals surface area contributed by atoms with Crippen LogP contribution < -0.4 is 5.32 Å². The van der Waals surface area contributed by atoms with Gasteiger partial charge in [0, 0.05) is 18.7 Å². The molecular weight excluding hydrogens is 439 g/mol. The van der Waals surface area contributed by atoms with E-state index in [0.717, 1.165) is 19.3 Å². The number of halogens is 1. The van der Waals surface area contributed by atoms with E-state index in [-0.39, 0.29) is 24.6 Å². The Hall–Kier alpha value is -2.48. The molecule has 184 valence electrons. The molecule has 0 radical (unpaired) electrons. The number of nitrogens with zero attached hydrogens (tertiary/aromatic N) is 1. The van der Waals surface area contributed by atoms with Gasteiger partial charge in [-0.2, -0.15) is 0 Å². The van der Waals surface area contributed by atoms with Crippen LogP contribution in [-0.4, -0.2) is 52.6 Å². The van der Waals surface area contributed by atoms with Gasteiger partial charge in [-0.3, -0.25) is 9.59 Å². The summed E-state index contributed by atoms with van der Waals surface area (Å²) in [6, 6.07) is 3.43. The van der Waals surface area contributed by atoms with Gasteiger partial charge in [-0.25, -0.2) is 9.18 Å². The molecule has 2 amide bonds. The van der Waals surface area contributed by atoms with Crippen LogP contribution in [0, 0.1) is 35.9 Å². The third-order valence-electron chi connectivity index (χ3n) is 8.41. The van der Waals surface area contributed by atoms with Crippen LogP contribution in [0.25, 0.3) is 0 Å². The highest BCUT2D eigenvalue weighted by Gasteiger charge is 2.57. The summed E-state index contributed by atoms with van der Waals surface area (Å²) in [5, 5.41) is 12.9. The van der Waals surface area contributed by atoms with Crippen molar-refractivity contribution in [2.24, 2.45) is 23.2 Å². The van der Waals surface area contributed by atoms with E-state index in [1.54, 1.807) is 19.1 Å². The third kappa shape index (κ3) is 4.21. The number of likely N-dealkylation sites (tertiary alicyclic amines) is 1. The first-order valence-electron chi connectivity index (χ1n) is 12.4. The second-order valence-corrected chi connectivity index (χ2v) is 11.1. The second-order valence-electron chi connectivity index (χ2n) is 11.1. The van der Waals surface area contributed by atoms with Crippen LogP contribution in [-0.2, 0) is 19.1 Å². The number of rotatable bonds is 5. The predicted molar refractivity (Wildman–Crippen MR) is 122 cm³/mol. The van der Waals surface area contributed by atoms with Crippen molar-refractivity contribution in [3.63, 3.8) is 0 Å². The molecular formula is C26H33FN2O5. The molecule has 34 heavy (non-hydrogen) atoms. The van der Waals surface area contributed by atoms with Crippen molar-refractivity contribution >= 4 is 23.5 Å². The van der Waals surface area contributed by atoms with Gasteiger partial charge in [0.2, 0.25) is 5.91 Å². The van der Waals surface area contributed by atoms with E-state index in [9.17, 15) is 23.9 Å². The number of aliphatic hydroxyl groups is 1. The molecule has 1 saturated heterocycles. The fourth-order valence-corrected chi connectivity index (χ4v) is 7.16. The van der Waals surface area contributed by atoms with Crippen molar-refractivity contribution in [3.8, 4) is 0 Å². The molecule has 6 rings (SSSR count). The number of carbonyl (C=O) groups is 3. The Morgan fingerprint density at radius 1 is 1.12 bits per heavy atom. The van der Waals surface area contributed by atoms with Gasteiger partial charge in [-0.15, -0.1) is 0 Å². The molecule has 1 heterocycles. The highest BCUT2D eigenvalue weighted by atomic mass is 19.1. The Kier molecular flexibility index (Phi) is 5.91. The average Bonchev–Trinajstić information content (AvgIpc) is 3.16. The van der Waals surface area contributed by atoms with Crippen LogP contribution in [0.3, 0.4) is 0 Å². The van der Waals surface area contributed by atoms with Gasteiger partial charge in [-0.05, 0) is 87.8 Å². The number of hydrogen-bond acceptors (Lipinski definition) is 5. The molecule has 4 saturated carbocycles. The number of nitrogens with one attached hydrogen (secondary N) is 1. The summed E-state index contributed by atoms with van der Waals surface area (Å²) in [5.74, 6) is 0.00963. The summed E-state index contributed by atoms with van der Waals surface area (Å²) in [6.45, 7) is 3.18. The van der Waals surface area contributed by atoms with Gasteiger partial charge in [0.15, 0.2) is 6.10 Å². The van der Waals surface area contributed by atoms with Gasteiger partial charge in [0.1, 0.15) is 11.9 Å². The Balaban J connectivity index is 1.25. The monoisotopic (exact) mass is 472 g/mol. The Labute approximate surface area is 199 Å². The molecule has 0 spiro atoms. The minimum atomic E-state index is -1.13. The van der Waals surface area contributed by atoms with E-state index < -0.39 is 41.4 Å². The second kappa shape index (κ2) is 8.63. The molecule has 4 bridgehead atoms. The van der Waals surface area contributed by atoms with E-state index in [1.807, 2.05) is 0 Å². The lowest BCUT2D eigenvalue weighted by Gasteiger charge is -2.56. The van der Waals surface area contributed by atoms with Crippen molar-refractivity contribution in [2.75, 3.05) is 11.9 Å². The molecule has 5 fully saturated rings. The summed E-state index contributed by atoms with van der Waals surface area (Å²) < 4.78 is 19.2. The molecule has 4 aliphatic carbocycles. The van der Waals surface area contributed by atoms with Crippen LogP contribution in [0.2, 0.25) is 0 Å². The van der Waals surface area contributed by atoms with Crippen LogP contribution in [0.1, 0.15) is 57.4 Å². The number of carbonyl (C=O) groups excluding carboxylic acids is 3. The quantitative estimate of drug-likeness (QED) is 0.642. The van der Waals surface area contributed by atoms with Crippen molar-refractivity contribution in [1.29, 1.82) is 0 Å². The predicted octanol–water partition coefficient (Wildman–Crippen LogP) is 3.18. The molecule has 1 aromatic carbocycles. The summed E-state index contributed by atoms with van der Waals surface area (Å²) >= 11 is 0. The highest BCUT2D eigenvalue weighted by molar-refractivity contribution is 5.96. The minimum Gasteiger partial charge on any atom is -0.451 e. The van der Waals surface area contributed by atoms with Gasteiger partial charge >= 0.3 is 5.97 Å². The molecule has 0 aromatic heterocycles. The smallest absolute Gasteiger partial charge is 0.329 e. The lowest BCUT2D eigenvalue weighted by molar-refractivity contribution is -0.168. The summed E-state index contributed by atoms with van der Waals surface area (Å²) in [7, 11) is 0. The Bertz CT molecular complexity index is 976. The Morgan fingerprint density at radius 3 is 2.32 bits per heavy atom. The largest absolute Gasteiger partial charge is 0.451 e. The van der Waals surface area contributed by atoms with E-state index in [1.165, 1.54) is 37.2 Å². The fourth-order valence-electron chi connectivity index (χ4n) is 7.16. The Morgan fingerprint density at radius 2 is 1.74 bits per heavy atom. The SMILES string of the molecule is Cc1ccc(NC(=O)[C@@H](C)OC(=O)[C@H]2C[C@H](O)CN2C(=O)C23CC4CC(CC(C4)C2)C3)cc1F. The average molecular weight is 473 g/mol. The van der Waals surface area contributed by atoms with Crippen molar-refractivity contribution < 1.29 is 28.6 Å². The van der Waals surface area contributed by atoms with Crippen LogP contribution >= 0.6 is 0 Å². The maximum absolute atomic E-state index is 13.8. The molecule has 0 unspecified atom stereocenters. The molecule has 1 aliphatic heterocycles. The number of anilines is 1. The summed E-state index contributed by atoms with van der Waals surface area (Å²) in [6.07, 6.45) is 4.41. The normalized spacial score (nSPS) is 34.7. The fraction of sp³-hybridized carbons (Fsp3) is 0.654. The van der Waals surface area contributed by atoms with Crippen LogP contribution in [0.5, 0.6) is 0 Å². The zero-order chi connectivity index (χ0) is 24.2.